The van der Waals surface area contributed by atoms with Crippen LogP contribution in [0.15, 0.2) is 35.9 Å². The van der Waals surface area contributed by atoms with Crippen molar-refractivity contribution in [1.82, 2.24) is 10.6 Å². The molecule has 0 bridgehead atoms. The third-order valence-electron chi connectivity index (χ3n) is 7.42. The Balaban J connectivity index is 1.18. The fourth-order valence-electron chi connectivity index (χ4n) is 5.12. The first-order valence-corrected chi connectivity index (χ1v) is 12.8. The summed E-state index contributed by atoms with van der Waals surface area (Å²) in [5, 5.41) is 7.66. The summed E-state index contributed by atoms with van der Waals surface area (Å²) in [4.78, 5) is 12.5. The molecule has 0 heterocycles. The molecule has 32 heavy (non-hydrogen) atoms. The van der Waals surface area contributed by atoms with Crippen LogP contribution in [-0.2, 0) is 9.53 Å². The van der Waals surface area contributed by atoms with E-state index in [0.717, 1.165) is 25.8 Å². The predicted molar refractivity (Wildman–Crippen MR) is 131 cm³/mol. The van der Waals surface area contributed by atoms with E-state index in [2.05, 4.69) is 54.0 Å². The molecule has 0 saturated heterocycles. The molecular weight excluding hydrogens is 396 g/mol. The molecule has 0 aromatic heterocycles. The molecule has 176 valence electrons. The zero-order valence-corrected chi connectivity index (χ0v) is 20.5. The molecule has 4 nitrogen and oxygen atoms in total. The van der Waals surface area contributed by atoms with E-state index in [1.807, 2.05) is 20.8 Å². The van der Waals surface area contributed by atoms with Gasteiger partial charge in [0.1, 0.15) is 5.60 Å². The van der Waals surface area contributed by atoms with Crippen molar-refractivity contribution in [2.75, 3.05) is 6.54 Å². The fraction of sp³-hybridized carbons (Fsp3) is 0.679. The van der Waals surface area contributed by atoms with Crippen LogP contribution in [-0.4, -0.2) is 36.2 Å². The molecule has 2 atom stereocenters. The standard InChI is InChI=1S/C28H42N2O2/c1-5-21(17-20-9-7-6-8-10-20)24-18-25(24)30-23-13-11-22(12-14-23)29-19-28(15-16-28)26(31)32-27(2,3)4/h6-10,17,22-25,29-30H,5,11-16,18-19H2,1-4H3/b21-17+/t22?,23?,24-,25+/m0/s1. The molecule has 0 amide bonds. The summed E-state index contributed by atoms with van der Waals surface area (Å²) in [5.41, 5.74) is 2.25. The van der Waals surface area contributed by atoms with Crippen molar-refractivity contribution in [3.05, 3.63) is 41.5 Å². The Morgan fingerprint density at radius 1 is 1.09 bits per heavy atom. The van der Waals surface area contributed by atoms with Crippen molar-refractivity contribution in [1.29, 1.82) is 0 Å². The van der Waals surface area contributed by atoms with Crippen molar-refractivity contribution in [2.45, 2.75) is 103 Å². The summed E-state index contributed by atoms with van der Waals surface area (Å²) in [7, 11) is 0. The molecule has 2 N–H and O–H groups in total. The van der Waals surface area contributed by atoms with Gasteiger partial charge in [-0.05, 0) is 83.6 Å². The van der Waals surface area contributed by atoms with Crippen molar-refractivity contribution in [2.24, 2.45) is 11.3 Å². The number of benzene rings is 1. The highest BCUT2D eigenvalue weighted by molar-refractivity contribution is 5.80. The highest BCUT2D eigenvalue weighted by Gasteiger charge is 2.52. The minimum atomic E-state index is -0.398. The van der Waals surface area contributed by atoms with Gasteiger partial charge in [0.05, 0.1) is 5.41 Å². The largest absolute Gasteiger partial charge is 0.460 e. The molecule has 0 unspecified atom stereocenters. The zero-order chi connectivity index (χ0) is 22.8. The molecule has 4 rings (SSSR count). The Kier molecular flexibility index (Phi) is 7.11. The minimum Gasteiger partial charge on any atom is -0.460 e. The second-order valence-electron chi connectivity index (χ2n) is 11.3. The Hall–Kier alpha value is -1.65. The third-order valence-corrected chi connectivity index (χ3v) is 7.42. The van der Waals surface area contributed by atoms with Crippen LogP contribution in [0.3, 0.4) is 0 Å². The molecule has 0 aliphatic heterocycles. The lowest BCUT2D eigenvalue weighted by atomic mass is 9.90. The van der Waals surface area contributed by atoms with Gasteiger partial charge in [-0.25, -0.2) is 0 Å². The van der Waals surface area contributed by atoms with Crippen LogP contribution in [0.2, 0.25) is 0 Å². The zero-order valence-electron chi connectivity index (χ0n) is 20.5. The topological polar surface area (TPSA) is 50.4 Å². The lowest BCUT2D eigenvalue weighted by molar-refractivity contribution is -0.161. The average Bonchev–Trinajstić information content (AvgIpc) is 3.68. The van der Waals surface area contributed by atoms with Gasteiger partial charge in [0.25, 0.3) is 0 Å². The van der Waals surface area contributed by atoms with Crippen molar-refractivity contribution in [3.8, 4) is 0 Å². The smallest absolute Gasteiger partial charge is 0.313 e. The highest BCUT2D eigenvalue weighted by Crippen LogP contribution is 2.47. The monoisotopic (exact) mass is 438 g/mol. The molecule has 1 aromatic carbocycles. The molecule has 3 aliphatic rings. The van der Waals surface area contributed by atoms with Crippen molar-refractivity contribution in [3.63, 3.8) is 0 Å². The van der Waals surface area contributed by atoms with E-state index in [4.69, 9.17) is 4.74 Å². The highest BCUT2D eigenvalue weighted by atomic mass is 16.6. The van der Waals surface area contributed by atoms with Gasteiger partial charge in [-0.2, -0.15) is 0 Å². The Labute approximate surface area is 194 Å². The van der Waals surface area contributed by atoms with Gasteiger partial charge < -0.3 is 15.4 Å². The first-order valence-electron chi connectivity index (χ1n) is 12.8. The van der Waals surface area contributed by atoms with Crippen LogP contribution >= 0.6 is 0 Å². The van der Waals surface area contributed by atoms with Crippen LogP contribution in [0, 0.1) is 11.3 Å². The molecule has 1 aromatic rings. The summed E-state index contributed by atoms with van der Waals surface area (Å²) in [6.07, 6.45) is 11.6. The Morgan fingerprint density at radius 3 is 2.34 bits per heavy atom. The summed E-state index contributed by atoms with van der Waals surface area (Å²) in [5.74, 6) is 0.697. The molecule has 4 heteroatoms. The minimum absolute atomic E-state index is 0.0112. The van der Waals surface area contributed by atoms with Crippen LogP contribution in [0.1, 0.15) is 84.6 Å². The third kappa shape index (κ3) is 6.23. The lowest BCUT2D eigenvalue weighted by Crippen LogP contribution is -2.44. The van der Waals surface area contributed by atoms with Crippen LogP contribution < -0.4 is 10.6 Å². The normalized spacial score (nSPS) is 29.4. The van der Waals surface area contributed by atoms with E-state index in [9.17, 15) is 4.79 Å². The number of nitrogens with one attached hydrogen (secondary N) is 2. The Morgan fingerprint density at radius 2 is 1.75 bits per heavy atom. The van der Waals surface area contributed by atoms with E-state index in [1.165, 1.54) is 37.7 Å². The number of ether oxygens (including phenoxy) is 1. The SMILES string of the molecule is CC/C(=C\c1ccccc1)[C@@H]1C[C@H]1NC1CCC(NCC2(C(=O)OC(C)(C)C)CC2)CC1. The molecule has 3 aliphatic carbocycles. The number of carbonyl (C=O) groups excluding carboxylic acids is 1. The quantitative estimate of drug-likeness (QED) is 0.501. The van der Waals surface area contributed by atoms with Crippen LogP contribution in [0.25, 0.3) is 6.08 Å². The van der Waals surface area contributed by atoms with Gasteiger partial charge in [-0.15, -0.1) is 0 Å². The van der Waals surface area contributed by atoms with Gasteiger partial charge in [0, 0.05) is 24.7 Å². The van der Waals surface area contributed by atoms with E-state index in [0.29, 0.717) is 24.0 Å². The molecular formula is C28H42N2O2. The van der Waals surface area contributed by atoms with E-state index < -0.39 is 5.60 Å². The number of hydrogen-bond donors (Lipinski definition) is 2. The van der Waals surface area contributed by atoms with Gasteiger partial charge in [0.2, 0.25) is 0 Å². The van der Waals surface area contributed by atoms with Crippen molar-refractivity contribution < 1.29 is 9.53 Å². The van der Waals surface area contributed by atoms with Crippen molar-refractivity contribution >= 4 is 12.0 Å². The summed E-state index contributed by atoms with van der Waals surface area (Å²) in [6, 6.07) is 12.5. The maximum atomic E-state index is 12.5. The average molecular weight is 439 g/mol. The van der Waals surface area contributed by atoms with Crippen LogP contribution in [0.5, 0.6) is 0 Å². The summed E-state index contributed by atoms with van der Waals surface area (Å²) >= 11 is 0. The first kappa shape index (κ1) is 23.5. The molecule has 0 spiro atoms. The predicted octanol–water partition coefficient (Wildman–Crippen LogP) is 5.48. The molecule has 0 radical (unpaired) electrons. The number of carbonyl (C=O) groups is 1. The van der Waals surface area contributed by atoms with E-state index >= 15 is 0 Å². The summed E-state index contributed by atoms with van der Waals surface area (Å²) in [6.45, 7) is 8.92. The van der Waals surface area contributed by atoms with Gasteiger partial charge >= 0.3 is 5.97 Å². The van der Waals surface area contributed by atoms with Gasteiger partial charge in [0.15, 0.2) is 0 Å². The fourth-order valence-corrected chi connectivity index (χ4v) is 5.12. The molecule has 3 fully saturated rings. The van der Waals surface area contributed by atoms with Crippen LogP contribution in [0.4, 0.5) is 0 Å². The lowest BCUT2D eigenvalue weighted by Gasteiger charge is -2.31. The maximum absolute atomic E-state index is 12.5. The Bertz CT molecular complexity index is 798. The summed E-state index contributed by atoms with van der Waals surface area (Å²) < 4.78 is 5.66. The first-order chi connectivity index (χ1) is 15.3. The number of hydrogen-bond acceptors (Lipinski definition) is 4. The molecule has 3 saturated carbocycles. The number of esters is 1. The van der Waals surface area contributed by atoms with E-state index in [-0.39, 0.29) is 11.4 Å². The van der Waals surface area contributed by atoms with E-state index in [1.54, 1.807) is 5.57 Å². The van der Waals surface area contributed by atoms with Gasteiger partial charge in [-0.3, -0.25) is 4.79 Å². The maximum Gasteiger partial charge on any atom is 0.313 e. The van der Waals surface area contributed by atoms with Gasteiger partial charge in [-0.1, -0.05) is 48.9 Å². The second kappa shape index (κ2) is 9.69. The number of rotatable bonds is 9. The second-order valence-corrected chi connectivity index (χ2v) is 11.3.